The quantitative estimate of drug-likeness (QED) is 0.525. The van der Waals surface area contributed by atoms with E-state index in [2.05, 4.69) is 4.98 Å². The SMILES string of the molecule is Cc1nc2ccccc2sc2c(=O)n(-c3ccc(Cl)cc3)c(=O)c1=2. The fourth-order valence-electron chi connectivity index (χ4n) is 2.73. The molecule has 0 spiro atoms. The number of hydrogen-bond donors (Lipinski definition) is 0. The lowest BCUT2D eigenvalue weighted by atomic mass is 10.3. The number of aryl methyl sites for hydroxylation is 1. The van der Waals surface area contributed by atoms with Crippen LogP contribution in [0.3, 0.4) is 0 Å². The Kier molecular flexibility index (Phi) is 3.48. The third kappa shape index (κ3) is 2.25. The van der Waals surface area contributed by atoms with Crippen molar-refractivity contribution in [1.29, 1.82) is 0 Å². The van der Waals surface area contributed by atoms with Crippen LogP contribution < -0.4 is 11.1 Å². The summed E-state index contributed by atoms with van der Waals surface area (Å²) in [5.41, 5.74) is 1.15. The Labute approximate surface area is 145 Å². The zero-order valence-corrected chi connectivity index (χ0v) is 14.2. The van der Waals surface area contributed by atoms with E-state index in [1.807, 2.05) is 24.3 Å². The summed E-state index contributed by atoms with van der Waals surface area (Å²) in [5.74, 6) is 0. The molecule has 2 heterocycles. The maximum Gasteiger partial charge on any atom is 0.276 e. The van der Waals surface area contributed by atoms with Crippen LogP contribution in [0.25, 0.3) is 15.9 Å². The van der Waals surface area contributed by atoms with Gasteiger partial charge in [0.15, 0.2) is 0 Å². The van der Waals surface area contributed by atoms with Crippen molar-refractivity contribution in [2.75, 3.05) is 0 Å². The standard InChI is InChI=1S/C18H11ClN2O2S/c1-10-15-16(24-14-5-3-2-4-13(14)20-10)18(23)21(17(15)22)12-8-6-11(19)7-9-12/h2-9H,1H3. The first-order chi connectivity index (χ1) is 11.6. The topological polar surface area (TPSA) is 52.0 Å². The monoisotopic (exact) mass is 354 g/mol. The smallest absolute Gasteiger partial charge is 0.268 e. The Hall–Kier alpha value is -2.50. The number of benzene rings is 2. The molecule has 2 aromatic rings. The van der Waals surface area contributed by atoms with Crippen LogP contribution >= 0.6 is 22.9 Å². The van der Waals surface area contributed by atoms with Crippen LogP contribution in [0.5, 0.6) is 0 Å². The molecule has 2 aliphatic rings. The molecule has 4 nitrogen and oxygen atoms in total. The molecule has 0 radical (unpaired) electrons. The summed E-state index contributed by atoms with van der Waals surface area (Å²) in [6.07, 6.45) is 0. The van der Waals surface area contributed by atoms with Gasteiger partial charge in [-0.3, -0.25) is 14.6 Å². The first-order valence-corrected chi connectivity index (χ1v) is 8.47. The number of para-hydroxylation sites is 1. The summed E-state index contributed by atoms with van der Waals surface area (Å²) in [6.45, 7) is 1.76. The van der Waals surface area contributed by atoms with Crippen LogP contribution in [-0.2, 0) is 0 Å². The van der Waals surface area contributed by atoms with Gasteiger partial charge in [-0.25, -0.2) is 4.57 Å². The molecule has 6 heteroatoms. The highest BCUT2D eigenvalue weighted by Crippen LogP contribution is 2.17. The Balaban J connectivity index is 2.20. The van der Waals surface area contributed by atoms with Gasteiger partial charge >= 0.3 is 0 Å². The summed E-state index contributed by atoms with van der Waals surface area (Å²) >= 11 is 7.18. The average molecular weight is 355 g/mol. The third-order valence-electron chi connectivity index (χ3n) is 3.85. The fourth-order valence-corrected chi connectivity index (χ4v) is 3.96. The Morgan fingerprint density at radius 2 is 1.71 bits per heavy atom. The molecule has 0 saturated carbocycles. The number of nitrogens with zero attached hydrogens (tertiary/aromatic N) is 2. The molecule has 2 aromatic carbocycles. The number of halogens is 1. The van der Waals surface area contributed by atoms with Crippen molar-refractivity contribution in [2.24, 2.45) is 0 Å². The van der Waals surface area contributed by atoms with Crippen molar-refractivity contribution in [3.05, 3.63) is 89.7 Å². The first kappa shape index (κ1) is 15.1. The van der Waals surface area contributed by atoms with Gasteiger partial charge in [0, 0.05) is 5.02 Å². The minimum Gasteiger partial charge on any atom is -0.268 e. The number of aromatic nitrogens is 2. The predicted molar refractivity (Wildman–Crippen MR) is 96.5 cm³/mol. The molecule has 0 unspecified atom stereocenters. The zero-order chi connectivity index (χ0) is 16.8. The molecule has 2 aliphatic heterocycles. The second-order valence-corrected chi connectivity index (χ2v) is 6.88. The van der Waals surface area contributed by atoms with E-state index in [1.165, 1.54) is 15.9 Å². The number of fused-ring (bicyclic) bond motifs is 1. The van der Waals surface area contributed by atoms with Crippen LogP contribution in [0.2, 0.25) is 5.02 Å². The second kappa shape index (κ2) is 5.54. The summed E-state index contributed by atoms with van der Waals surface area (Å²) < 4.78 is 2.46. The minimum atomic E-state index is -0.348. The van der Waals surface area contributed by atoms with Crippen molar-refractivity contribution < 1.29 is 0 Å². The van der Waals surface area contributed by atoms with E-state index in [1.54, 1.807) is 31.2 Å². The second-order valence-electron chi connectivity index (χ2n) is 5.39. The molecule has 0 amide bonds. The normalized spacial score (nSPS) is 11.2. The molecule has 24 heavy (non-hydrogen) atoms. The van der Waals surface area contributed by atoms with Gasteiger partial charge in [0.25, 0.3) is 11.1 Å². The number of rotatable bonds is 1. The molecule has 4 rings (SSSR count). The molecule has 0 aromatic heterocycles. The molecule has 0 atom stereocenters. The van der Waals surface area contributed by atoms with Gasteiger partial charge in [0.2, 0.25) is 0 Å². The van der Waals surface area contributed by atoms with Crippen molar-refractivity contribution >= 4 is 33.2 Å². The van der Waals surface area contributed by atoms with Crippen LogP contribution in [0.15, 0.2) is 58.1 Å². The summed E-state index contributed by atoms with van der Waals surface area (Å²) in [6, 6.07) is 14.2. The summed E-state index contributed by atoms with van der Waals surface area (Å²) in [5, 5.41) is 0.921. The number of hydrogen-bond acceptors (Lipinski definition) is 4. The molecular formula is C18H11ClN2O2S. The Morgan fingerprint density at radius 1 is 1.00 bits per heavy atom. The van der Waals surface area contributed by atoms with E-state index in [4.69, 9.17) is 11.6 Å². The molecule has 118 valence electrons. The lowest BCUT2D eigenvalue weighted by Gasteiger charge is -2.00. The molecular weight excluding hydrogens is 344 g/mol. The van der Waals surface area contributed by atoms with Gasteiger partial charge < -0.3 is 0 Å². The molecule has 0 fully saturated rings. The Bertz CT molecular complexity index is 1260. The lowest BCUT2D eigenvalue weighted by molar-refractivity contribution is 0.969. The van der Waals surface area contributed by atoms with Gasteiger partial charge in [-0.05, 0) is 43.3 Å². The summed E-state index contributed by atoms with van der Waals surface area (Å²) in [4.78, 5) is 30.3. The van der Waals surface area contributed by atoms with E-state index in [0.29, 0.717) is 26.2 Å². The predicted octanol–water partition coefficient (Wildman–Crippen LogP) is 3.49. The lowest BCUT2D eigenvalue weighted by Crippen LogP contribution is -2.24. The van der Waals surface area contributed by atoms with Crippen molar-refractivity contribution in [3.8, 4) is 5.69 Å². The first-order valence-electron chi connectivity index (χ1n) is 7.27. The molecule has 0 bridgehead atoms. The van der Waals surface area contributed by atoms with Gasteiger partial charge in [0.1, 0.15) is 4.53 Å². The van der Waals surface area contributed by atoms with Crippen molar-refractivity contribution in [2.45, 2.75) is 6.92 Å². The molecule has 0 saturated heterocycles. The highest BCUT2D eigenvalue weighted by atomic mass is 35.5. The van der Waals surface area contributed by atoms with Crippen LogP contribution in [0.4, 0.5) is 0 Å². The van der Waals surface area contributed by atoms with E-state index < -0.39 is 0 Å². The molecule has 0 N–H and O–H groups in total. The van der Waals surface area contributed by atoms with Gasteiger partial charge in [-0.15, -0.1) is 11.3 Å². The summed E-state index contributed by atoms with van der Waals surface area (Å²) in [7, 11) is 0. The fraction of sp³-hybridized carbons (Fsp3) is 0.0556. The van der Waals surface area contributed by atoms with Crippen LogP contribution in [0, 0.1) is 16.7 Å². The molecule has 0 aliphatic carbocycles. The van der Waals surface area contributed by atoms with Gasteiger partial charge in [-0.2, -0.15) is 0 Å². The highest BCUT2D eigenvalue weighted by Gasteiger charge is 2.14. The van der Waals surface area contributed by atoms with E-state index >= 15 is 0 Å². The van der Waals surface area contributed by atoms with Gasteiger partial charge in [0.05, 0.1) is 26.8 Å². The van der Waals surface area contributed by atoms with Crippen LogP contribution in [0.1, 0.15) is 5.69 Å². The van der Waals surface area contributed by atoms with Gasteiger partial charge in [-0.1, -0.05) is 23.7 Å². The Morgan fingerprint density at radius 3 is 2.46 bits per heavy atom. The van der Waals surface area contributed by atoms with E-state index in [0.717, 1.165) is 10.2 Å². The maximum absolute atomic E-state index is 12.9. The van der Waals surface area contributed by atoms with E-state index in [9.17, 15) is 9.59 Å². The highest BCUT2D eigenvalue weighted by molar-refractivity contribution is 7.16. The average Bonchev–Trinajstić information content (AvgIpc) is 2.72. The minimum absolute atomic E-state index is 0.325. The van der Waals surface area contributed by atoms with Crippen LogP contribution in [-0.4, -0.2) is 9.55 Å². The van der Waals surface area contributed by atoms with Crippen molar-refractivity contribution in [1.82, 2.24) is 9.55 Å². The largest absolute Gasteiger partial charge is 0.276 e. The van der Waals surface area contributed by atoms with E-state index in [-0.39, 0.29) is 11.1 Å². The maximum atomic E-state index is 12.9. The zero-order valence-electron chi connectivity index (χ0n) is 12.6. The van der Waals surface area contributed by atoms with Crippen molar-refractivity contribution in [3.63, 3.8) is 0 Å². The third-order valence-corrected chi connectivity index (χ3v) is 5.25.